The molecule has 0 spiro atoms. The van der Waals surface area contributed by atoms with Gasteiger partial charge in [0, 0.05) is 67.5 Å². The number of carbonyl (C=O) groups is 2. The molecule has 44 heavy (non-hydrogen) atoms. The number of aromatic nitrogens is 1. The van der Waals surface area contributed by atoms with Gasteiger partial charge in [0.1, 0.15) is 5.69 Å². The van der Waals surface area contributed by atoms with E-state index in [9.17, 15) is 14.4 Å². The Labute approximate surface area is 259 Å². The monoisotopic (exact) mass is 591 g/mol. The van der Waals surface area contributed by atoms with Gasteiger partial charge in [-0.1, -0.05) is 45.0 Å². The summed E-state index contributed by atoms with van der Waals surface area (Å²) >= 11 is 0. The number of nitrogens with zero attached hydrogens (tertiary/aromatic N) is 3. The number of anilines is 3. The normalized spacial score (nSPS) is 13.9. The molecule has 2 heterocycles. The Balaban J connectivity index is 1.34. The maximum absolute atomic E-state index is 13.1. The first kappa shape index (κ1) is 30.8. The summed E-state index contributed by atoms with van der Waals surface area (Å²) in [4.78, 5) is 43.2. The fourth-order valence-corrected chi connectivity index (χ4v) is 5.39. The molecule has 228 valence electrons. The van der Waals surface area contributed by atoms with Gasteiger partial charge in [-0.25, -0.2) is 0 Å². The highest BCUT2D eigenvalue weighted by atomic mass is 16.2. The van der Waals surface area contributed by atoms with Crippen LogP contribution in [-0.4, -0.2) is 59.4 Å². The number of piperazine rings is 1. The molecule has 0 unspecified atom stereocenters. The van der Waals surface area contributed by atoms with Gasteiger partial charge in [0.05, 0.1) is 0 Å². The van der Waals surface area contributed by atoms with E-state index >= 15 is 0 Å². The molecule has 8 nitrogen and oxygen atoms in total. The number of nitrogens with one attached hydrogen (secondary N) is 2. The topological polar surface area (TPSA) is 86.7 Å². The lowest BCUT2D eigenvalue weighted by atomic mass is 9.86. The zero-order valence-electron chi connectivity index (χ0n) is 26.4. The van der Waals surface area contributed by atoms with Crippen LogP contribution in [0.4, 0.5) is 17.1 Å². The maximum Gasteiger partial charge on any atom is 0.274 e. The molecule has 1 aliphatic rings. The Hall–Kier alpha value is -4.69. The standard InChI is InChI=1S/C36H41N5O3/c1-24-30(8-7-9-31(24)38-33(42)25-10-14-28(15-11-25)36(2,3)4)27-22-32(35(44)40(6)23-27)37-29-16-12-26(13-17-29)34(43)41-20-18-39(5)19-21-41/h7-17,22-23,37H,18-21H2,1-6H3,(H,38,42). The van der Waals surface area contributed by atoms with Crippen molar-refractivity contribution in [1.82, 2.24) is 14.4 Å². The summed E-state index contributed by atoms with van der Waals surface area (Å²) in [5.41, 5.74) is 6.68. The minimum absolute atomic E-state index is 0.0104. The summed E-state index contributed by atoms with van der Waals surface area (Å²) in [6, 6.07) is 22.5. The number of likely N-dealkylation sites (N-methyl/N-ethyl adjacent to an activating group) is 1. The van der Waals surface area contributed by atoms with Crippen molar-refractivity contribution in [2.75, 3.05) is 43.9 Å². The Morgan fingerprint density at radius 3 is 2.07 bits per heavy atom. The first-order valence-corrected chi connectivity index (χ1v) is 15.0. The predicted octanol–water partition coefficient (Wildman–Crippen LogP) is 6.04. The lowest BCUT2D eigenvalue weighted by molar-refractivity contribution is 0.0664. The van der Waals surface area contributed by atoms with Gasteiger partial charge < -0.3 is 25.0 Å². The molecule has 1 saturated heterocycles. The van der Waals surface area contributed by atoms with E-state index in [1.807, 2.05) is 72.5 Å². The third-order valence-electron chi connectivity index (χ3n) is 8.29. The zero-order valence-corrected chi connectivity index (χ0v) is 26.4. The molecule has 1 aliphatic heterocycles. The zero-order chi connectivity index (χ0) is 31.6. The fraction of sp³-hybridized carbons (Fsp3) is 0.306. The third-order valence-corrected chi connectivity index (χ3v) is 8.29. The van der Waals surface area contributed by atoms with Crippen molar-refractivity contribution >= 4 is 28.9 Å². The minimum atomic E-state index is -0.178. The maximum atomic E-state index is 13.1. The second kappa shape index (κ2) is 12.5. The van der Waals surface area contributed by atoms with Gasteiger partial charge in [-0.3, -0.25) is 14.4 Å². The average Bonchev–Trinajstić information content (AvgIpc) is 3.00. The van der Waals surface area contributed by atoms with Crippen LogP contribution in [0.3, 0.4) is 0 Å². The van der Waals surface area contributed by atoms with Crippen molar-refractivity contribution in [1.29, 1.82) is 0 Å². The number of pyridine rings is 1. The van der Waals surface area contributed by atoms with Gasteiger partial charge in [-0.2, -0.15) is 0 Å². The first-order chi connectivity index (χ1) is 20.9. The number of hydrogen-bond acceptors (Lipinski definition) is 5. The lowest BCUT2D eigenvalue weighted by Crippen LogP contribution is -2.47. The Morgan fingerprint density at radius 1 is 0.795 bits per heavy atom. The van der Waals surface area contributed by atoms with E-state index in [2.05, 4.69) is 43.4 Å². The minimum Gasteiger partial charge on any atom is -0.351 e. The van der Waals surface area contributed by atoms with Crippen molar-refractivity contribution in [3.63, 3.8) is 0 Å². The van der Waals surface area contributed by atoms with Gasteiger partial charge in [0.15, 0.2) is 0 Å². The second-order valence-corrected chi connectivity index (χ2v) is 12.6. The van der Waals surface area contributed by atoms with Gasteiger partial charge in [0.2, 0.25) is 0 Å². The van der Waals surface area contributed by atoms with Gasteiger partial charge >= 0.3 is 0 Å². The van der Waals surface area contributed by atoms with Crippen molar-refractivity contribution in [3.05, 3.63) is 112 Å². The Kier molecular flexibility index (Phi) is 8.74. The Morgan fingerprint density at radius 2 is 1.43 bits per heavy atom. The van der Waals surface area contributed by atoms with Crippen molar-refractivity contribution in [3.8, 4) is 11.1 Å². The highest BCUT2D eigenvalue weighted by Crippen LogP contribution is 2.30. The number of carbonyl (C=O) groups excluding carboxylic acids is 2. The van der Waals surface area contributed by atoms with Crippen LogP contribution in [-0.2, 0) is 12.5 Å². The van der Waals surface area contributed by atoms with Crippen LogP contribution < -0.4 is 16.2 Å². The molecule has 0 bridgehead atoms. The van der Waals surface area contributed by atoms with Gasteiger partial charge in [-0.05, 0) is 84.6 Å². The molecule has 1 fully saturated rings. The van der Waals surface area contributed by atoms with Crippen LogP contribution in [0.5, 0.6) is 0 Å². The molecular formula is C36H41N5O3. The molecule has 3 aromatic carbocycles. The van der Waals surface area contributed by atoms with Crippen molar-refractivity contribution in [2.24, 2.45) is 7.05 Å². The van der Waals surface area contributed by atoms with Crippen LogP contribution in [0.2, 0.25) is 0 Å². The molecule has 0 saturated carbocycles. The lowest BCUT2D eigenvalue weighted by Gasteiger charge is -2.32. The number of rotatable bonds is 6. The van der Waals surface area contributed by atoms with E-state index in [1.54, 1.807) is 29.9 Å². The van der Waals surface area contributed by atoms with E-state index in [-0.39, 0.29) is 22.8 Å². The molecule has 5 rings (SSSR count). The highest BCUT2D eigenvalue weighted by Gasteiger charge is 2.20. The molecule has 2 amide bonds. The molecule has 0 aliphatic carbocycles. The van der Waals surface area contributed by atoms with Crippen LogP contribution in [0.25, 0.3) is 11.1 Å². The molecule has 0 atom stereocenters. The molecule has 4 aromatic rings. The summed E-state index contributed by atoms with van der Waals surface area (Å²) in [5, 5.41) is 6.30. The van der Waals surface area contributed by atoms with E-state index in [4.69, 9.17) is 0 Å². The average molecular weight is 592 g/mol. The van der Waals surface area contributed by atoms with Crippen molar-refractivity contribution in [2.45, 2.75) is 33.1 Å². The summed E-state index contributed by atoms with van der Waals surface area (Å²) in [6.45, 7) is 11.6. The second-order valence-electron chi connectivity index (χ2n) is 12.6. The predicted molar refractivity (Wildman–Crippen MR) is 178 cm³/mol. The van der Waals surface area contributed by atoms with Crippen LogP contribution in [0.1, 0.15) is 52.6 Å². The van der Waals surface area contributed by atoms with Crippen LogP contribution in [0, 0.1) is 6.92 Å². The Bertz CT molecular complexity index is 1730. The van der Waals surface area contributed by atoms with Gasteiger partial charge in [0.25, 0.3) is 17.4 Å². The number of hydrogen-bond donors (Lipinski definition) is 2. The smallest absolute Gasteiger partial charge is 0.274 e. The van der Waals surface area contributed by atoms with E-state index in [0.717, 1.165) is 29.8 Å². The van der Waals surface area contributed by atoms with Crippen molar-refractivity contribution < 1.29 is 9.59 Å². The van der Waals surface area contributed by atoms with E-state index in [1.165, 1.54) is 5.56 Å². The highest BCUT2D eigenvalue weighted by molar-refractivity contribution is 6.05. The quantitative estimate of drug-likeness (QED) is 0.286. The van der Waals surface area contributed by atoms with Crippen LogP contribution >= 0.6 is 0 Å². The van der Waals surface area contributed by atoms with Crippen LogP contribution in [0.15, 0.2) is 83.8 Å². The number of amides is 2. The summed E-state index contributed by atoms with van der Waals surface area (Å²) < 4.78 is 1.55. The van der Waals surface area contributed by atoms with E-state index < -0.39 is 0 Å². The SMILES string of the molecule is Cc1c(NC(=O)c2ccc(C(C)(C)C)cc2)cccc1-c1cc(Nc2ccc(C(=O)N3CCN(C)CC3)cc2)c(=O)n(C)c1. The summed E-state index contributed by atoms with van der Waals surface area (Å²) in [7, 11) is 3.78. The molecule has 8 heteroatoms. The first-order valence-electron chi connectivity index (χ1n) is 15.0. The largest absolute Gasteiger partial charge is 0.351 e. The fourth-order valence-electron chi connectivity index (χ4n) is 5.39. The molecule has 1 aromatic heterocycles. The summed E-state index contributed by atoms with van der Waals surface area (Å²) in [6.07, 6.45) is 1.80. The van der Waals surface area contributed by atoms with E-state index in [0.29, 0.717) is 41.3 Å². The summed E-state index contributed by atoms with van der Waals surface area (Å²) in [5.74, 6) is -0.157. The number of aryl methyl sites for hydroxylation is 1. The third kappa shape index (κ3) is 6.76. The van der Waals surface area contributed by atoms with Gasteiger partial charge in [-0.15, -0.1) is 0 Å². The molecule has 2 N–H and O–H groups in total. The molecule has 0 radical (unpaired) electrons. The number of benzene rings is 3. The molecular weight excluding hydrogens is 550 g/mol.